The van der Waals surface area contributed by atoms with Crippen molar-refractivity contribution >= 4 is 5.69 Å². The summed E-state index contributed by atoms with van der Waals surface area (Å²) in [6.07, 6.45) is 0. The molecule has 3 aromatic rings. The molecule has 0 aliphatic heterocycles. The van der Waals surface area contributed by atoms with Gasteiger partial charge >= 0.3 is 0 Å². The molecule has 1 aromatic heterocycles. The van der Waals surface area contributed by atoms with E-state index in [1.54, 1.807) is 31.2 Å². The third-order valence-electron chi connectivity index (χ3n) is 3.42. The van der Waals surface area contributed by atoms with Gasteiger partial charge in [0.25, 0.3) is 5.69 Å². The Hall–Kier alpha value is -3.16. The number of rotatable bonds is 4. The predicted octanol–water partition coefficient (Wildman–Crippen LogP) is 3.00. The smallest absolute Gasteiger partial charge is 0.258 e. The predicted molar refractivity (Wildman–Crippen MR) is 80.1 cm³/mol. The van der Waals surface area contributed by atoms with E-state index in [9.17, 15) is 14.5 Å². The Labute approximate surface area is 130 Å². The summed E-state index contributed by atoms with van der Waals surface area (Å²) in [5.74, 6) is -0.0904. The van der Waals surface area contributed by atoms with Crippen LogP contribution in [0.1, 0.15) is 18.5 Å². The van der Waals surface area contributed by atoms with Crippen LogP contribution in [0.5, 0.6) is 0 Å². The molecule has 0 bridgehead atoms. The fourth-order valence-electron chi connectivity index (χ4n) is 2.16. The Kier molecular flexibility index (Phi) is 3.80. The number of hydrogen-bond donors (Lipinski definition) is 0. The molecule has 0 aliphatic carbocycles. The lowest BCUT2D eigenvalue weighted by Crippen LogP contribution is -2.10. The van der Waals surface area contributed by atoms with Gasteiger partial charge in [-0.15, -0.1) is 10.2 Å². The molecule has 0 aliphatic rings. The summed E-state index contributed by atoms with van der Waals surface area (Å²) >= 11 is 0. The topological polar surface area (TPSA) is 86.7 Å². The number of non-ortho nitro benzene ring substituents is 1. The van der Waals surface area contributed by atoms with Gasteiger partial charge in [0.15, 0.2) is 0 Å². The molecule has 0 saturated carbocycles. The summed E-state index contributed by atoms with van der Waals surface area (Å²) in [6, 6.07) is 11.8. The minimum Gasteiger partial charge on any atom is -0.258 e. The van der Waals surface area contributed by atoms with Crippen molar-refractivity contribution in [1.29, 1.82) is 0 Å². The Morgan fingerprint density at radius 2 is 2.00 bits per heavy atom. The van der Waals surface area contributed by atoms with Gasteiger partial charge in [-0.3, -0.25) is 10.1 Å². The van der Waals surface area contributed by atoms with E-state index >= 15 is 0 Å². The van der Waals surface area contributed by atoms with Crippen molar-refractivity contribution < 1.29 is 9.31 Å². The van der Waals surface area contributed by atoms with Crippen molar-refractivity contribution in [1.82, 2.24) is 20.2 Å². The molecule has 0 saturated heterocycles. The summed E-state index contributed by atoms with van der Waals surface area (Å²) in [7, 11) is 0. The van der Waals surface area contributed by atoms with Crippen LogP contribution in [0.4, 0.5) is 10.1 Å². The van der Waals surface area contributed by atoms with Crippen LogP contribution >= 0.6 is 0 Å². The van der Waals surface area contributed by atoms with Gasteiger partial charge in [-0.2, -0.15) is 4.80 Å². The maximum Gasteiger partial charge on any atom is 0.269 e. The number of halogens is 1. The van der Waals surface area contributed by atoms with Crippen molar-refractivity contribution in [3.63, 3.8) is 0 Å². The fraction of sp³-hybridized carbons (Fsp3) is 0.133. The van der Waals surface area contributed by atoms with Gasteiger partial charge in [0, 0.05) is 17.7 Å². The third-order valence-corrected chi connectivity index (χ3v) is 3.42. The number of nitro benzene ring substituents is 1. The number of nitrogens with zero attached hydrogens (tertiary/aromatic N) is 5. The van der Waals surface area contributed by atoms with Crippen LogP contribution in [0.3, 0.4) is 0 Å². The molecule has 0 N–H and O–H groups in total. The van der Waals surface area contributed by atoms with E-state index in [0.717, 1.165) is 0 Å². The van der Waals surface area contributed by atoms with Crippen molar-refractivity contribution in [3.8, 4) is 11.4 Å². The maximum absolute atomic E-state index is 13.3. The van der Waals surface area contributed by atoms with Crippen LogP contribution in [0.25, 0.3) is 11.4 Å². The summed E-state index contributed by atoms with van der Waals surface area (Å²) in [5, 5.41) is 23.0. The second-order valence-electron chi connectivity index (χ2n) is 4.97. The lowest BCUT2D eigenvalue weighted by Gasteiger charge is -2.09. The van der Waals surface area contributed by atoms with Crippen LogP contribution in [-0.2, 0) is 0 Å². The van der Waals surface area contributed by atoms with Gasteiger partial charge < -0.3 is 0 Å². The summed E-state index contributed by atoms with van der Waals surface area (Å²) in [6.45, 7) is 1.80. The average molecular weight is 313 g/mol. The first-order valence-electron chi connectivity index (χ1n) is 6.84. The lowest BCUT2D eigenvalue weighted by molar-refractivity contribution is -0.384. The third kappa shape index (κ3) is 3.05. The zero-order chi connectivity index (χ0) is 16.4. The monoisotopic (exact) mass is 313 g/mol. The van der Waals surface area contributed by atoms with Crippen molar-refractivity contribution in [2.45, 2.75) is 13.0 Å². The molecule has 1 atom stereocenters. The Morgan fingerprint density at radius 1 is 1.22 bits per heavy atom. The van der Waals surface area contributed by atoms with Gasteiger partial charge in [0.2, 0.25) is 5.82 Å². The van der Waals surface area contributed by atoms with Crippen molar-refractivity contribution in [2.75, 3.05) is 0 Å². The molecule has 116 valence electrons. The molecule has 1 heterocycles. The highest BCUT2D eigenvalue weighted by Gasteiger charge is 2.16. The van der Waals surface area contributed by atoms with Crippen LogP contribution < -0.4 is 0 Å². The molecule has 3 rings (SSSR count). The molecule has 8 heteroatoms. The number of nitro groups is 1. The Morgan fingerprint density at radius 3 is 2.74 bits per heavy atom. The van der Waals surface area contributed by atoms with Crippen LogP contribution in [-0.4, -0.2) is 25.1 Å². The van der Waals surface area contributed by atoms with Gasteiger partial charge in [-0.25, -0.2) is 4.39 Å². The molecule has 0 radical (unpaired) electrons. The fourth-order valence-corrected chi connectivity index (χ4v) is 2.16. The highest BCUT2D eigenvalue weighted by Crippen LogP contribution is 2.22. The van der Waals surface area contributed by atoms with Crippen LogP contribution in [0.2, 0.25) is 0 Å². The van der Waals surface area contributed by atoms with E-state index in [-0.39, 0.29) is 17.5 Å². The quantitative estimate of drug-likeness (QED) is 0.546. The summed E-state index contributed by atoms with van der Waals surface area (Å²) in [4.78, 5) is 11.7. The summed E-state index contributed by atoms with van der Waals surface area (Å²) < 4.78 is 13.3. The van der Waals surface area contributed by atoms with Gasteiger partial charge in [0.05, 0.1) is 11.0 Å². The zero-order valence-corrected chi connectivity index (χ0v) is 12.1. The Bertz CT molecular complexity index is 864. The first-order valence-corrected chi connectivity index (χ1v) is 6.84. The molecule has 2 aromatic carbocycles. The highest BCUT2D eigenvalue weighted by molar-refractivity contribution is 5.53. The number of hydrogen-bond acceptors (Lipinski definition) is 5. The van der Waals surface area contributed by atoms with E-state index in [0.29, 0.717) is 17.0 Å². The minimum atomic E-state index is -0.455. The number of aromatic nitrogens is 4. The number of benzene rings is 2. The van der Waals surface area contributed by atoms with E-state index in [2.05, 4.69) is 15.4 Å². The maximum atomic E-state index is 13.3. The lowest BCUT2D eigenvalue weighted by atomic mass is 10.1. The van der Waals surface area contributed by atoms with Crippen molar-refractivity contribution in [2.24, 2.45) is 0 Å². The van der Waals surface area contributed by atoms with Gasteiger partial charge in [0.1, 0.15) is 5.82 Å². The van der Waals surface area contributed by atoms with Crippen LogP contribution in [0, 0.1) is 15.9 Å². The number of tetrazole rings is 1. The van der Waals surface area contributed by atoms with E-state index in [1.807, 2.05) is 0 Å². The average Bonchev–Trinajstić information content (AvgIpc) is 3.04. The second kappa shape index (κ2) is 5.91. The molecule has 0 amide bonds. The van der Waals surface area contributed by atoms with Crippen LogP contribution in [0.15, 0.2) is 48.5 Å². The van der Waals surface area contributed by atoms with E-state index in [1.165, 1.54) is 29.1 Å². The largest absolute Gasteiger partial charge is 0.269 e. The molecule has 0 fully saturated rings. The first kappa shape index (κ1) is 14.8. The SMILES string of the molecule is C[C@H](c1cccc([N+](=O)[O-])c1)n1nnc(-c2cccc(F)c2)n1. The van der Waals surface area contributed by atoms with Gasteiger partial charge in [-0.05, 0) is 29.8 Å². The molecular formula is C15H12FN5O2. The standard InChI is InChI=1S/C15H12FN5O2/c1-10(11-4-3-7-14(9-11)21(22)23)20-18-15(17-19-20)12-5-2-6-13(16)8-12/h2-10H,1H3/t10-/m1/s1. The van der Waals surface area contributed by atoms with E-state index < -0.39 is 4.92 Å². The molecule has 7 nitrogen and oxygen atoms in total. The first-order chi connectivity index (χ1) is 11.0. The van der Waals surface area contributed by atoms with Crippen molar-refractivity contribution in [3.05, 3.63) is 70.0 Å². The molecule has 0 spiro atoms. The Balaban J connectivity index is 1.91. The zero-order valence-electron chi connectivity index (χ0n) is 12.1. The minimum absolute atomic E-state index is 0.000167. The molecular weight excluding hydrogens is 301 g/mol. The second-order valence-corrected chi connectivity index (χ2v) is 4.97. The molecule has 0 unspecified atom stereocenters. The highest BCUT2D eigenvalue weighted by atomic mass is 19.1. The van der Waals surface area contributed by atoms with E-state index in [4.69, 9.17) is 0 Å². The molecule has 23 heavy (non-hydrogen) atoms. The normalized spacial score (nSPS) is 12.1. The summed E-state index contributed by atoms with van der Waals surface area (Å²) in [5.41, 5.74) is 1.20. The van der Waals surface area contributed by atoms with Gasteiger partial charge in [-0.1, -0.05) is 24.3 Å².